The van der Waals surface area contributed by atoms with Crippen molar-refractivity contribution in [2.75, 3.05) is 7.11 Å². The minimum absolute atomic E-state index is 0.0241. The van der Waals surface area contributed by atoms with Gasteiger partial charge < -0.3 is 15.2 Å². The van der Waals surface area contributed by atoms with Gasteiger partial charge in [-0.3, -0.25) is 0 Å². The number of hydrogen-bond donors (Lipinski definition) is 1. The molecule has 0 amide bonds. The predicted octanol–water partition coefficient (Wildman–Crippen LogP) is 0.0950. The van der Waals surface area contributed by atoms with Crippen LogP contribution in [0.25, 0.3) is 0 Å². The smallest absolute Gasteiger partial charge is 0.184 e. The van der Waals surface area contributed by atoms with E-state index >= 15 is 0 Å². The monoisotopic (exact) mass is 131 g/mol. The highest BCUT2D eigenvalue weighted by Gasteiger charge is 2.39. The Kier molecular flexibility index (Phi) is 2.05. The highest BCUT2D eigenvalue weighted by Crippen LogP contribution is 2.25. The van der Waals surface area contributed by atoms with Crippen LogP contribution in [-0.4, -0.2) is 25.5 Å². The molecule has 0 saturated carbocycles. The molecule has 0 aromatic carbocycles. The van der Waals surface area contributed by atoms with Gasteiger partial charge in [0.25, 0.3) is 0 Å². The van der Waals surface area contributed by atoms with E-state index in [9.17, 15) is 0 Å². The maximum atomic E-state index is 5.51. The molecule has 1 aliphatic rings. The highest BCUT2D eigenvalue weighted by molar-refractivity contribution is 4.79. The first-order valence-electron chi connectivity index (χ1n) is 3.18. The molecule has 0 spiro atoms. The van der Waals surface area contributed by atoms with Gasteiger partial charge in [-0.1, -0.05) is 0 Å². The average molecular weight is 131 g/mol. The third kappa shape index (κ3) is 1.93. The van der Waals surface area contributed by atoms with Crippen LogP contribution in [0.2, 0.25) is 0 Å². The van der Waals surface area contributed by atoms with Gasteiger partial charge in [-0.2, -0.15) is 0 Å². The first-order valence-corrected chi connectivity index (χ1v) is 3.18. The lowest BCUT2D eigenvalue weighted by Crippen LogP contribution is -2.18. The van der Waals surface area contributed by atoms with Crippen LogP contribution >= 0.6 is 0 Å². The molecule has 3 heteroatoms. The van der Waals surface area contributed by atoms with Crippen LogP contribution in [0.4, 0.5) is 0 Å². The van der Waals surface area contributed by atoms with Gasteiger partial charge in [-0.25, -0.2) is 0 Å². The summed E-state index contributed by atoms with van der Waals surface area (Å²) in [6, 6.07) is 0.218. The second kappa shape index (κ2) is 2.64. The van der Waals surface area contributed by atoms with Crippen molar-refractivity contribution in [3.05, 3.63) is 0 Å². The number of methoxy groups -OCH3 is 1. The Bertz CT molecular complexity index is 95.1. The number of nitrogens with two attached hydrogens (primary N) is 1. The molecule has 3 nitrogen and oxygen atoms in total. The number of ether oxygens (including phenoxy) is 2. The van der Waals surface area contributed by atoms with Crippen LogP contribution in [0.5, 0.6) is 0 Å². The molecule has 1 rings (SSSR count). The van der Waals surface area contributed by atoms with Crippen LogP contribution in [0.1, 0.15) is 13.3 Å². The zero-order chi connectivity index (χ0) is 6.85. The second-order valence-electron chi connectivity index (χ2n) is 2.49. The van der Waals surface area contributed by atoms with Gasteiger partial charge in [0.05, 0.1) is 0 Å². The van der Waals surface area contributed by atoms with Gasteiger partial charge in [-0.05, 0) is 13.3 Å². The molecular formula is C6H13NO2. The first kappa shape index (κ1) is 6.99. The van der Waals surface area contributed by atoms with Crippen molar-refractivity contribution >= 4 is 0 Å². The molecule has 0 aliphatic carbocycles. The zero-order valence-electron chi connectivity index (χ0n) is 5.83. The summed E-state index contributed by atoms with van der Waals surface area (Å²) in [5.41, 5.74) is 5.51. The summed E-state index contributed by atoms with van der Waals surface area (Å²) in [4.78, 5) is 0. The Hall–Kier alpha value is -0.120. The molecule has 3 atom stereocenters. The Morgan fingerprint density at radius 3 is 2.78 bits per heavy atom. The fourth-order valence-corrected chi connectivity index (χ4v) is 0.867. The third-order valence-electron chi connectivity index (χ3n) is 1.37. The molecule has 3 unspecified atom stereocenters. The van der Waals surface area contributed by atoms with Gasteiger partial charge >= 0.3 is 0 Å². The zero-order valence-corrected chi connectivity index (χ0v) is 5.83. The Labute approximate surface area is 55.1 Å². The molecule has 54 valence electrons. The molecule has 0 aromatic rings. The van der Waals surface area contributed by atoms with Crippen LogP contribution in [0.15, 0.2) is 0 Å². The summed E-state index contributed by atoms with van der Waals surface area (Å²) >= 11 is 0. The molecule has 1 saturated heterocycles. The van der Waals surface area contributed by atoms with Gasteiger partial charge in [0, 0.05) is 13.2 Å². The van der Waals surface area contributed by atoms with E-state index in [2.05, 4.69) is 0 Å². The van der Waals surface area contributed by atoms with Gasteiger partial charge in [0.2, 0.25) is 0 Å². The lowest BCUT2D eigenvalue weighted by molar-refractivity contribution is 0.0950. The predicted molar refractivity (Wildman–Crippen MR) is 33.9 cm³/mol. The standard InChI is InChI=1S/C6H13NO2/c1-4(7)3-5-6(8-2)9-5/h4-6H,3,7H2,1-2H3. The van der Waals surface area contributed by atoms with Crippen LogP contribution < -0.4 is 5.73 Å². The van der Waals surface area contributed by atoms with E-state index in [0.717, 1.165) is 6.42 Å². The summed E-state index contributed by atoms with van der Waals surface area (Å²) in [6.45, 7) is 1.97. The van der Waals surface area contributed by atoms with Crippen molar-refractivity contribution in [2.45, 2.75) is 31.8 Å². The number of rotatable bonds is 3. The lowest BCUT2D eigenvalue weighted by atomic mass is 10.2. The quantitative estimate of drug-likeness (QED) is 0.552. The molecule has 1 fully saturated rings. The number of hydrogen-bond acceptors (Lipinski definition) is 3. The summed E-state index contributed by atoms with van der Waals surface area (Å²) in [6.07, 6.45) is 1.18. The topological polar surface area (TPSA) is 47.8 Å². The molecule has 1 aliphatic heterocycles. The highest BCUT2D eigenvalue weighted by atomic mass is 16.8. The van der Waals surface area contributed by atoms with Crippen molar-refractivity contribution < 1.29 is 9.47 Å². The summed E-state index contributed by atoms with van der Waals surface area (Å²) < 4.78 is 9.97. The van der Waals surface area contributed by atoms with Gasteiger partial charge in [0.1, 0.15) is 6.10 Å². The van der Waals surface area contributed by atoms with Gasteiger partial charge in [0.15, 0.2) is 6.29 Å². The summed E-state index contributed by atoms with van der Waals surface area (Å²) in [5, 5.41) is 0. The van der Waals surface area contributed by atoms with Crippen molar-refractivity contribution in [3.63, 3.8) is 0 Å². The van der Waals surface area contributed by atoms with E-state index in [1.807, 2.05) is 6.92 Å². The molecule has 0 aromatic heterocycles. The average Bonchev–Trinajstić information content (AvgIpc) is 2.45. The van der Waals surface area contributed by atoms with Crippen LogP contribution in [-0.2, 0) is 9.47 Å². The third-order valence-corrected chi connectivity index (χ3v) is 1.37. The Morgan fingerprint density at radius 2 is 2.44 bits per heavy atom. The molecule has 2 N–H and O–H groups in total. The lowest BCUT2D eigenvalue weighted by Gasteiger charge is -1.98. The van der Waals surface area contributed by atoms with E-state index < -0.39 is 0 Å². The fraction of sp³-hybridized carbons (Fsp3) is 1.00. The minimum atomic E-state index is 0.0241. The minimum Gasteiger partial charge on any atom is -0.353 e. The summed E-state index contributed by atoms with van der Waals surface area (Å²) in [7, 11) is 1.64. The molecule has 9 heavy (non-hydrogen) atoms. The Balaban J connectivity index is 2.05. The Morgan fingerprint density at radius 1 is 1.78 bits per heavy atom. The van der Waals surface area contributed by atoms with E-state index in [1.165, 1.54) is 0 Å². The van der Waals surface area contributed by atoms with E-state index in [1.54, 1.807) is 7.11 Å². The molecule has 0 bridgehead atoms. The number of epoxide rings is 1. The van der Waals surface area contributed by atoms with Crippen molar-refractivity contribution in [1.29, 1.82) is 0 Å². The maximum Gasteiger partial charge on any atom is 0.184 e. The van der Waals surface area contributed by atoms with Crippen molar-refractivity contribution in [1.82, 2.24) is 0 Å². The maximum absolute atomic E-state index is 5.51. The molecular weight excluding hydrogens is 118 g/mol. The molecule has 0 radical (unpaired) electrons. The van der Waals surface area contributed by atoms with E-state index in [-0.39, 0.29) is 18.4 Å². The van der Waals surface area contributed by atoms with E-state index in [4.69, 9.17) is 15.2 Å². The summed E-state index contributed by atoms with van der Waals surface area (Å²) in [5.74, 6) is 0. The molecule has 1 heterocycles. The van der Waals surface area contributed by atoms with Crippen LogP contribution in [0, 0.1) is 0 Å². The van der Waals surface area contributed by atoms with Crippen molar-refractivity contribution in [2.24, 2.45) is 5.73 Å². The first-order chi connectivity index (χ1) is 4.24. The van der Waals surface area contributed by atoms with Gasteiger partial charge in [-0.15, -0.1) is 0 Å². The van der Waals surface area contributed by atoms with E-state index in [0.29, 0.717) is 0 Å². The largest absolute Gasteiger partial charge is 0.353 e. The van der Waals surface area contributed by atoms with Crippen LogP contribution in [0.3, 0.4) is 0 Å². The second-order valence-corrected chi connectivity index (χ2v) is 2.49. The SMILES string of the molecule is COC1OC1CC(C)N. The van der Waals surface area contributed by atoms with Crippen molar-refractivity contribution in [3.8, 4) is 0 Å². The fourth-order valence-electron chi connectivity index (χ4n) is 0.867. The normalized spacial score (nSPS) is 36.3.